The maximum atomic E-state index is 3.59. The molecule has 12 heavy (non-hydrogen) atoms. The van der Waals surface area contributed by atoms with E-state index in [1.807, 2.05) is 0 Å². The second-order valence-electron chi connectivity index (χ2n) is 4.72. The number of hydrogen-bond acceptors (Lipinski definition) is 1. The molecule has 0 spiro atoms. The predicted molar refractivity (Wildman–Crippen MR) is 54.3 cm³/mol. The van der Waals surface area contributed by atoms with Crippen molar-refractivity contribution in [1.29, 1.82) is 0 Å². The van der Waals surface area contributed by atoms with Crippen LogP contribution in [0.2, 0.25) is 0 Å². The molecule has 1 fully saturated rings. The van der Waals surface area contributed by atoms with Crippen molar-refractivity contribution in [3.63, 3.8) is 0 Å². The Kier molecular flexibility index (Phi) is 4.07. The van der Waals surface area contributed by atoms with Crippen molar-refractivity contribution in [1.82, 2.24) is 5.32 Å². The SMILES string of the molecule is CC(C)CCNC(C)CC1CC1. The van der Waals surface area contributed by atoms with Gasteiger partial charge >= 0.3 is 0 Å². The molecule has 1 aliphatic carbocycles. The normalized spacial score (nSPS) is 20.0. The lowest BCUT2D eigenvalue weighted by Crippen LogP contribution is -2.28. The van der Waals surface area contributed by atoms with E-state index in [1.54, 1.807) is 0 Å². The lowest BCUT2D eigenvalue weighted by molar-refractivity contribution is 0.454. The average Bonchev–Trinajstić information content (AvgIpc) is 2.70. The lowest BCUT2D eigenvalue weighted by Gasteiger charge is -2.13. The van der Waals surface area contributed by atoms with E-state index in [9.17, 15) is 0 Å². The zero-order chi connectivity index (χ0) is 8.97. The van der Waals surface area contributed by atoms with Gasteiger partial charge in [0.05, 0.1) is 0 Å². The largest absolute Gasteiger partial charge is 0.314 e. The molecule has 1 atom stereocenters. The summed E-state index contributed by atoms with van der Waals surface area (Å²) in [7, 11) is 0. The van der Waals surface area contributed by atoms with Gasteiger partial charge in [-0.15, -0.1) is 0 Å². The minimum Gasteiger partial charge on any atom is -0.314 e. The highest BCUT2D eigenvalue weighted by molar-refractivity contribution is 4.77. The third kappa shape index (κ3) is 4.76. The molecule has 0 radical (unpaired) electrons. The Morgan fingerprint density at radius 3 is 2.42 bits per heavy atom. The van der Waals surface area contributed by atoms with Gasteiger partial charge in [-0.1, -0.05) is 26.7 Å². The molecule has 0 bridgehead atoms. The molecule has 0 aromatic rings. The Morgan fingerprint density at radius 2 is 1.92 bits per heavy atom. The molecule has 0 aromatic heterocycles. The zero-order valence-electron chi connectivity index (χ0n) is 8.77. The van der Waals surface area contributed by atoms with Gasteiger partial charge in [0.25, 0.3) is 0 Å². The Hall–Kier alpha value is -0.0400. The minimum atomic E-state index is 0.747. The summed E-state index contributed by atoms with van der Waals surface area (Å²) >= 11 is 0. The topological polar surface area (TPSA) is 12.0 Å². The fraction of sp³-hybridized carbons (Fsp3) is 1.00. The maximum absolute atomic E-state index is 3.59. The third-order valence-corrected chi connectivity index (χ3v) is 2.60. The van der Waals surface area contributed by atoms with E-state index in [4.69, 9.17) is 0 Å². The van der Waals surface area contributed by atoms with Crippen molar-refractivity contribution < 1.29 is 0 Å². The van der Waals surface area contributed by atoms with Gasteiger partial charge in [-0.25, -0.2) is 0 Å². The van der Waals surface area contributed by atoms with Crippen molar-refractivity contribution >= 4 is 0 Å². The van der Waals surface area contributed by atoms with Gasteiger partial charge in [0.1, 0.15) is 0 Å². The first-order chi connectivity index (χ1) is 5.68. The van der Waals surface area contributed by atoms with Gasteiger partial charge in [-0.3, -0.25) is 0 Å². The molecule has 72 valence electrons. The van der Waals surface area contributed by atoms with Gasteiger partial charge in [-0.2, -0.15) is 0 Å². The van der Waals surface area contributed by atoms with E-state index >= 15 is 0 Å². The van der Waals surface area contributed by atoms with Crippen LogP contribution in [0.15, 0.2) is 0 Å². The van der Waals surface area contributed by atoms with Gasteiger partial charge in [0, 0.05) is 6.04 Å². The predicted octanol–water partition coefficient (Wildman–Crippen LogP) is 2.81. The van der Waals surface area contributed by atoms with E-state index in [0.29, 0.717) is 0 Å². The number of hydrogen-bond donors (Lipinski definition) is 1. The maximum Gasteiger partial charge on any atom is 0.00413 e. The summed E-state index contributed by atoms with van der Waals surface area (Å²) in [6.45, 7) is 8.09. The Balaban J connectivity index is 1.90. The molecule has 1 N–H and O–H groups in total. The fourth-order valence-corrected chi connectivity index (χ4v) is 1.56. The summed E-state index contributed by atoms with van der Waals surface area (Å²) in [4.78, 5) is 0. The molecule has 1 heteroatoms. The Morgan fingerprint density at radius 1 is 1.25 bits per heavy atom. The van der Waals surface area contributed by atoms with Crippen molar-refractivity contribution in [2.45, 2.75) is 52.5 Å². The summed E-state index contributed by atoms with van der Waals surface area (Å²) in [5.74, 6) is 1.90. The summed E-state index contributed by atoms with van der Waals surface area (Å²) < 4.78 is 0. The first kappa shape index (κ1) is 10.0. The van der Waals surface area contributed by atoms with Gasteiger partial charge in [0.15, 0.2) is 0 Å². The van der Waals surface area contributed by atoms with Gasteiger partial charge in [0.2, 0.25) is 0 Å². The third-order valence-electron chi connectivity index (χ3n) is 2.60. The van der Waals surface area contributed by atoms with Crippen LogP contribution in [0.3, 0.4) is 0 Å². The summed E-state index contributed by atoms with van der Waals surface area (Å²) in [5.41, 5.74) is 0. The van der Waals surface area contributed by atoms with Gasteiger partial charge < -0.3 is 5.32 Å². The smallest absolute Gasteiger partial charge is 0.00413 e. The van der Waals surface area contributed by atoms with Crippen LogP contribution in [0.25, 0.3) is 0 Å². The Labute approximate surface area is 76.9 Å². The molecule has 0 aliphatic heterocycles. The first-order valence-electron chi connectivity index (χ1n) is 5.42. The summed E-state index contributed by atoms with van der Waals surface area (Å²) in [6.07, 6.45) is 5.68. The molecule has 1 unspecified atom stereocenters. The van der Waals surface area contributed by atoms with Crippen molar-refractivity contribution in [2.75, 3.05) is 6.54 Å². The molecule has 1 aliphatic rings. The van der Waals surface area contributed by atoms with E-state index in [2.05, 4.69) is 26.1 Å². The standard InChI is InChI=1S/C11H23N/c1-9(2)6-7-12-10(3)8-11-4-5-11/h9-12H,4-8H2,1-3H3. The first-order valence-corrected chi connectivity index (χ1v) is 5.42. The highest BCUT2D eigenvalue weighted by atomic mass is 14.9. The van der Waals surface area contributed by atoms with Crippen LogP contribution >= 0.6 is 0 Å². The molecule has 0 heterocycles. The fourth-order valence-electron chi connectivity index (χ4n) is 1.56. The van der Waals surface area contributed by atoms with Gasteiger partial charge in [-0.05, 0) is 38.1 Å². The molecule has 0 amide bonds. The van der Waals surface area contributed by atoms with Crippen LogP contribution < -0.4 is 5.32 Å². The highest BCUT2D eigenvalue weighted by Gasteiger charge is 2.22. The van der Waals surface area contributed by atoms with Crippen LogP contribution in [0.5, 0.6) is 0 Å². The molecule has 0 aromatic carbocycles. The van der Waals surface area contributed by atoms with E-state index in [1.165, 1.54) is 32.2 Å². The lowest BCUT2D eigenvalue weighted by atomic mass is 10.1. The molecule has 0 saturated heterocycles. The zero-order valence-corrected chi connectivity index (χ0v) is 8.77. The summed E-state index contributed by atoms with van der Waals surface area (Å²) in [5, 5.41) is 3.59. The number of rotatable bonds is 6. The van der Waals surface area contributed by atoms with Crippen LogP contribution in [0.4, 0.5) is 0 Å². The second-order valence-corrected chi connectivity index (χ2v) is 4.72. The monoisotopic (exact) mass is 169 g/mol. The van der Waals surface area contributed by atoms with E-state index in [-0.39, 0.29) is 0 Å². The van der Waals surface area contributed by atoms with E-state index < -0.39 is 0 Å². The quantitative estimate of drug-likeness (QED) is 0.644. The van der Waals surface area contributed by atoms with Crippen molar-refractivity contribution in [2.24, 2.45) is 11.8 Å². The molecule has 1 nitrogen and oxygen atoms in total. The minimum absolute atomic E-state index is 0.747. The molecular formula is C11H23N. The molecule has 1 rings (SSSR count). The summed E-state index contributed by atoms with van der Waals surface area (Å²) in [6, 6.07) is 0.747. The van der Waals surface area contributed by atoms with Crippen LogP contribution in [-0.4, -0.2) is 12.6 Å². The van der Waals surface area contributed by atoms with Crippen molar-refractivity contribution in [3.05, 3.63) is 0 Å². The van der Waals surface area contributed by atoms with E-state index in [0.717, 1.165) is 17.9 Å². The van der Waals surface area contributed by atoms with Crippen molar-refractivity contribution in [3.8, 4) is 0 Å². The molecule has 1 saturated carbocycles. The Bertz CT molecular complexity index is 116. The molecular weight excluding hydrogens is 146 g/mol. The van der Waals surface area contributed by atoms with Crippen LogP contribution in [0.1, 0.15) is 46.5 Å². The van der Waals surface area contributed by atoms with Crippen LogP contribution in [0, 0.1) is 11.8 Å². The second kappa shape index (κ2) is 4.86. The number of nitrogens with one attached hydrogen (secondary N) is 1. The average molecular weight is 169 g/mol. The van der Waals surface area contributed by atoms with Crippen LogP contribution in [-0.2, 0) is 0 Å². The highest BCUT2D eigenvalue weighted by Crippen LogP contribution is 2.33.